The zero-order chi connectivity index (χ0) is 21.0. The Labute approximate surface area is 179 Å². The first kappa shape index (κ1) is 21.3. The van der Waals surface area contributed by atoms with Crippen LogP contribution in [0.2, 0.25) is 10.0 Å². The average molecular weight is 437 g/mol. The zero-order valence-electron chi connectivity index (χ0n) is 16.2. The maximum absolute atomic E-state index is 12.7. The van der Waals surface area contributed by atoms with Crippen LogP contribution in [0.1, 0.15) is 23.2 Å². The Kier molecular flexibility index (Phi) is 6.87. The van der Waals surface area contributed by atoms with Gasteiger partial charge in [0.2, 0.25) is 5.91 Å². The van der Waals surface area contributed by atoms with Gasteiger partial charge in [-0.15, -0.1) is 0 Å². The van der Waals surface area contributed by atoms with Gasteiger partial charge in [0.1, 0.15) is 11.5 Å². The van der Waals surface area contributed by atoms with Crippen LogP contribution in [0.15, 0.2) is 36.4 Å². The van der Waals surface area contributed by atoms with E-state index in [4.69, 9.17) is 32.7 Å². The molecule has 2 aromatic carbocycles. The number of nitrogens with zero attached hydrogens (tertiary/aromatic N) is 1. The van der Waals surface area contributed by atoms with Crippen molar-refractivity contribution < 1.29 is 19.1 Å². The third-order valence-electron chi connectivity index (χ3n) is 4.98. The normalized spacial score (nSPS) is 14.4. The highest BCUT2D eigenvalue weighted by atomic mass is 35.5. The number of carbonyl (C=O) groups excluding carboxylic acids is 2. The van der Waals surface area contributed by atoms with Crippen LogP contribution in [0.25, 0.3) is 0 Å². The van der Waals surface area contributed by atoms with Crippen molar-refractivity contribution in [2.75, 3.05) is 32.6 Å². The molecule has 6 nitrogen and oxygen atoms in total. The predicted molar refractivity (Wildman–Crippen MR) is 113 cm³/mol. The minimum Gasteiger partial charge on any atom is -0.495 e. The lowest BCUT2D eigenvalue weighted by atomic mass is 9.95. The molecule has 1 saturated heterocycles. The first-order chi connectivity index (χ1) is 13.9. The van der Waals surface area contributed by atoms with Crippen LogP contribution in [-0.2, 0) is 4.79 Å². The van der Waals surface area contributed by atoms with Gasteiger partial charge in [0.05, 0.1) is 24.9 Å². The number of ether oxygens (including phenoxy) is 2. The molecule has 0 spiro atoms. The number of amides is 2. The first-order valence-electron chi connectivity index (χ1n) is 9.20. The first-order valence-corrected chi connectivity index (χ1v) is 9.95. The summed E-state index contributed by atoms with van der Waals surface area (Å²) in [5, 5.41) is 3.88. The van der Waals surface area contributed by atoms with Crippen LogP contribution < -0.4 is 14.8 Å². The molecule has 2 aromatic rings. The van der Waals surface area contributed by atoms with Crippen LogP contribution in [0, 0.1) is 5.92 Å². The quantitative estimate of drug-likeness (QED) is 0.748. The number of methoxy groups -OCH3 is 2. The summed E-state index contributed by atoms with van der Waals surface area (Å²) in [6.07, 6.45) is 1.16. The second-order valence-electron chi connectivity index (χ2n) is 6.75. The lowest BCUT2D eigenvalue weighted by Gasteiger charge is -2.31. The van der Waals surface area contributed by atoms with Crippen molar-refractivity contribution in [3.63, 3.8) is 0 Å². The minimum atomic E-state index is -0.198. The van der Waals surface area contributed by atoms with Gasteiger partial charge in [0.25, 0.3) is 5.91 Å². The van der Waals surface area contributed by atoms with Crippen LogP contribution in [0.5, 0.6) is 11.5 Å². The average Bonchev–Trinajstić information content (AvgIpc) is 2.74. The number of nitrogens with one attached hydrogen (secondary N) is 1. The molecule has 1 N–H and O–H groups in total. The fourth-order valence-corrected chi connectivity index (χ4v) is 3.67. The number of rotatable bonds is 5. The van der Waals surface area contributed by atoms with Gasteiger partial charge >= 0.3 is 0 Å². The summed E-state index contributed by atoms with van der Waals surface area (Å²) in [6, 6.07) is 10.1. The van der Waals surface area contributed by atoms with Crippen molar-refractivity contribution in [1.29, 1.82) is 0 Å². The van der Waals surface area contributed by atoms with Gasteiger partial charge in [-0.2, -0.15) is 0 Å². The lowest BCUT2D eigenvalue weighted by Crippen LogP contribution is -2.41. The Hall–Kier alpha value is -2.44. The van der Waals surface area contributed by atoms with Gasteiger partial charge in [0.15, 0.2) is 0 Å². The molecule has 0 unspecified atom stereocenters. The molecule has 1 aliphatic rings. The molecule has 1 aliphatic heterocycles. The predicted octanol–water partition coefficient (Wildman–Crippen LogP) is 4.50. The number of benzene rings is 2. The molecule has 3 rings (SSSR count). The monoisotopic (exact) mass is 436 g/mol. The van der Waals surface area contributed by atoms with Crippen molar-refractivity contribution in [2.24, 2.45) is 5.92 Å². The minimum absolute atomic E-state index is 0.0513. The highest BCUT2D eigenvalue weighted by Crippen LogP contribution is 2.36. The van der Waals surface area contributed by atoms with E-state index in [1.54, 1.807) is 41.3 Å². The Bertz CT molecular complexity index is 894. The molecule has 29 heavy (non-hydrogen) atoms. The number of halogens is 2. The van der Waals surface area contributed by atoms with Gasteiger partial charge in [-0.05, 0) is 37.1 Å². The maximum atomic E-state index is 12.7. The number of hydrogen-bond acceptors (Lipinski definition) is 4. The number of carbonyl (C=O) groups is 2. The number of anilines is 1. The molecule has 8 heteroatoms. The van der Waals surface area contributed by atoms with Crippen molar-refractivity contribution in [3.05, 3.63) is 52.0 Å². The molecule has 0 saturated carbocycles. The van der Waals surface area contributed by atoms with Crippen molar-refractivity contribution in [2.45, 2.75) is 12.8 Å². The van der Waals surface area contributed by atoms with Crippen LogP contribution >= 0.6 is 23.2 Å². The van der Waals surface area contributed by atoms with Crippen molar-refractivity contribution >= 4 is 40.7 Å². The Morgan fingerprint density at radius 2 is 1.62 bits per heavy atom. The largest absolute Gasteiger partial charge is 0.495 e. The highest BCUT2D eigenvalue weighted by molar-refractivity contribution is 6.32. The van der Waals surface area contributed by atoms with Gasteiger partial charge in [-0.25, -0.2) is 0 Å². The van der Waals surface area contributed by atoms with E-state index in [2.05, 4.69) is 5.32 Å². The van der Waals surface area contributed by atoms with E-state index in [1.807, 2.05) is 0 Å². The summed E-state index contributed by atoms with van der Waals surface area (Å²) < 4.78 is 10.5. The zero-order valence-corrected chi connectivity index (χ0v) is 17.7. The highest BCUT2D eigenvalue weighted by Gasteiger charge is 2.28. The Morgan fingerprint density at radius 1 is 1.00 bits per heavy atom. The molecule has 0 atom stereocenters. The molecule has 2 amide bonds. The van der Waals surface area contributed by atoms with E-state index in [1.165, 1.54) is 14.2 Å². The van der Waals surface area contributed by atoms with Gasteiger partial charge < -0.3 is 19.7 Å². The maximum Gasteiger partial charge on any atom is 0.253 e. The summed E-state index contributed by atoms with van der Waals surface area (Å²) >= 11 is 12.0. The van der Waals surface area contributed by atoms with E-state index in [0.717, 1.165) is 0 Å². The summed E-state index contributed by atoms with van der Waals surface area (Å²) in [5.41, 5.74) is 1.09. The molecule has 154 valence electrons. The number of piperidine rings is 1. The fourth-order valence-electron chi connectivity index (χ4n) is 3.31. The van der Waals surface area contributed by atoms with Crippen molar-refractivity contribution in [1.82, 2.24) is 4.90 Å². The molecule has 0 aromatic heterocycles. The van der Waals surface area contributed by atoms with E-state index >= 15 is 0 Å². The standard InChI is InChI=1S/C21H22Cl2N2O4/c1-28-18-12-17(19(29-2)11-16(18)23)24-20(26)13-7-9-25(10-8-13)21(27)14-3-5-15(22)6-4-14/h3-6,11-13H,7-10H2,1-2H3,(H,24,26). The molecule has 0 bridgehead atoms. The van der Waals surface area contributed by atoms with Crippen molar-refractivity contribution in [3.8, 4) is 11.5 Å². The molecule has 1 heterocycles. The van der Waals surface area contributed by atoms with Crippen LogP contribution in [0.4, 0.5) is 5.69 Å². The molecular weight excluding hydrogens is 415 g/mol. The lowest BCUT2D eigenvalue weighted by molar-refractivity contribution is -0.121. The SMILES string of the molecule is COc1cc(NC(=O)C2CCN(C(=O)c3ccc(Cl)cc3)CC2)c(OC)cc1Cl. The van der Waals surface area contributed by atoms with Gasteiger partial charge in [-0.1, -0.05) is 23.2 Å². The smallest absolute Gasteiger partial charge is 0.253 e. The summed E-state index contributed by atoms with van der Waals surface area (Å²) in [5.74, 6) is 0.539. The summed E-state index contributed by atoms with van der Waals surface area (Å²) in [7, 11) is 3.02. The topological polar surface area (TPSA) is 67.9 Å². The van der Waals surface area contributed by atoms with Crippen LogP contribution in [0.3, 0.4) is 0 Å². The Balaban J connectivity index is 1.62. The second kappa shape index (κ2) is 9.37. The third-order valence-corrected chi connectivity index (χ3v) is 5.52. The molecule has 0 radical (unpaired) electrons. The Morgan fingerprint density at radius 3 is 2.21 bits per heavy atom. The van der Waals surface area contributed by atoms with Gasteiger partial charge in [0, 0.05) is 41.7 Å². The fraction of sp³-hybridized carbons (Fsp3) is 0.333. The second-order valence-corrected chi connectivity index (χ2v) is 7.59. The molecule has 0 aliphatic carbocycles. The molecule has 1 fully saturated rings. The van der Waals surface area contributed by atoms with E-state index in [9.17, 15) is 9.59 Å². The number of likely N-dealkylation sites (tertiary alicyclic amines) is 1. The molecular formula is C21H22Cl2N2O4. The van der Waals surface area contributed by atoms with Gasteiger partial charge in [-0.3, -0.25) is 9.59 Å². The number of hydrogen-bond donors (Lipinski definition) is 1. The van der Waals surface area contributed by atoms with E-state index in [-0.39, 0.29) is 17.7 Å². The van der Waals surface area contributed by atoms with E-state index < -0.39 is 0 Å². The summed E-state index contributed by atoms with van der Waals surface area (Å²) in [6.45, 7) is 1.03. The van der Waals surface area contributed by atoms with E-state index in [0.29, 0.717) is 58.7 Å². The third kappa shape index (κ3) is 4.95. The summed E-state index contributed by atoms with van der Waals surface area (Å²) in [4.78, 5) is 27.1. The van der Waals surface area contributed by atoms with Crippen LogP contribution in [-0.4, -0.2) is 44.0 Å².